The predicted molar refractivity (Wildman–Crippen MR) is 46.0 cm³/mol. The fourth-order valence-electron chi connectivity index (χ4n) is 1.15. The van der Waals surface area contributed by atoms with Crippen molar-refractivity contribution in [1.82, 2.24) is 5.32 Å². The quantitative estimate of drug-likeness (QED) is 0.549. The highest BCUT2D eigenvalue weighted by molar-refractivity contribution is 6.18. The number of hydrogen-bond donors (Lipinski definition) is 1. The lowest BCUT2D eigenvalue weighted by molar-refractivity contribution is -0.135. The Labute approximate surface area is 80.6 Å². The number of halogens is 4. The van der Waals surface area contributed by atoms with Gasteiger partial charge in [0.2, 0.25) is 0 Å². The standard InChI is InChI=1S/C8H13ClF3N/c9-6-7(3-4-7)13-5-1-2-8(10,11)12/h13H,1-6H2. The minimum Gasteiger partial charge on any atom is -0.310 e. The smallest absolute Gasteiger partial charge is 0.310 e. The summed E-state index contributed by atoms with van der Waals surface area (Å²) in [7, 11) is 0. The maximum atomic E-state index is 11.7. The summed E-state index contributed by atoms with van der Waals surface area (Å²) in [5, 5.41) is 3.06. The molecule has 1 N–H and O–H groups in total. The van der Waals surface area contributed by atoms with Crippen molar-refractivity contribution in [2.45, 2.75) is 37.4 Å². The van der Waals surface area contributed by atoms with E-state index in [-0.39, 0.29) is 12.0 Å². The highest BCUT2D eigenvalue weighted by Gasteiger charge is 2.41. The van der Waals surface area contributed by atoms with Crippen molar-refractivity contribution < 1.29 is 13.2 Å². The van der Waals surface area contributed by atoms with E-state index >= 15 is 0 Å². The summed E-state index contributed by atoms with van der Waals surface area (Å²) in [4.78, 5) is 0. The first kappa shape index (κ1) is 11.1. The van der Waals surface area contributed by atoms with Gasteiger partial charge in [0.25, 0.3) is 0 Å². The minimum atomic E-state index is -4.03. The Morgan fingerprint density at radius 1 is 1.31 bits per heavy atom. The van der Waals surface area contributed by atoms with Crippen molar-refractivity contribution >= 4 is 11.6 Å². The molecule has 0 aromatic rings. The van der Waals surface area contributed by atoms with Crippen molar-refractivity contribution in [3.63, 3.8) is 0 Å². The van der Waals surface area contributed by atoms with E-state index in [1.54, 1.807) is 0 Å². The van der Waals surface area contributed by atoms with E-state index in [0.29, 0.717) is 12.4 Å². The van der Waals surface area contributed by atoms with Crippen molar-refractivity contribution in [3.8, 4) is 0 Å². The summed E-state index contributed by atoms with van der Waals surface area (Å²) in [6.07, 6.45) is -2.62. The van der Waals surface area contributed by atoms with Crippen LogP contribution in [0.15, 0.2) is 0 Å². The topological polar surface area (TPSA) is 12.0 Å². The molecule has 0 heterocycles. The van der Waals surface area contributed by atoms with Crippen molar-refractivity contribution in [1.29, 1.82) is 0 Å². The fraction of sp³-hybridized carbons (Fsp3) is 1.00. The number of alkyl halides is 4. The summed E-state index contributed by atoms with van der Waals surface area (Å²) >= 11 is 5.64. The van der Waals surface area contributed by atoms with Crippen LogP contribution >= 0.6 is 11.6 Å². The van der Waals surface area contributed by atoms with Gasteiger partial charge in [0.05, 0.1) is 0 Å². The van der Waals surface area contributed by atoms with Crippen molar-refractivity contribution in [2.75, 3.05) is 12.4 Å². The van der Waals surface area contributed by atoms with Crippen LogP contribution in [0.3, 0.4) is 0 Å². The molecule has 1 aliphatic carbocycles. The molecule has 0 saturated heterocycles. The molecule has 78 valence electrons. The maximum absolute atomic E-state index is 11.7. The Kier molecular flexibility index (Phi) is 3.46. The molecule has 1 saturated carbocycles. The van der Waals surface area contributed by atoms with E-state index in [1.165, 1.54) is 0 Å². The highest BCUT2D eigenvalue weighted by Crippen LogP contribution is 2.36. The summed E-state index contributed by atoms with van der Waals surface area (Å²) in [5.74, 6) is 0.499. The molecule has 0 radical (unpaired) electrons. The Morgan fingerprint density at radius 3 is 2.31 bits per heavy atom. The van der Waals surface area contributed by atoms with Crippen LogP contribution in [-0.4, -0.2) is 24.1 Å². The van der Waals surface area contributed by atoms with Crippen LogP contribution in [-0.2, 0) is 0 Å². The third-order valence-corrected chi connectivity index (χ3v) is 2.76. The van der Waals surface area contributed by atoms with Crippen LogP contribution in [0.5, 0.6) is 0 Å². The van der Waals surface area contributed by atoms with E-state index < -0.39 is 12.6 Å². The molecular formula is C8H13ClF3N. The molecule has 0 atom stereocenters. The van der Waals surface area contributed by atoms with Crippen LogP contribution in [0, 0.1) is 0 Å². The van der Waals surface area contributed by atoms with Gasteiger partial charge in [-0.1, -0.05) is 0 Å². The Balaban J connectivity index is 2.02. The van der Waals surface area contributed by atoms with Gasteiger partial charge in [-0.3, -0.25) is 0 Å². The maximum Gasteiger partial charge on any atom is 0.389 e. The first-order valence-corrected chi connectivity index (χ1v) is 4.89. The van der Waals surface area contributed by atoms with Crippen molar-refractivity contribution in [2.24, 2.45) is 0 Å². The van der Waals surface area contributed by atoms with Gasteiger partial charge < -0.3 is 5.32 Å². The normalized spacial score (nSPS) is 20.3. The fourth-order valence-corrected chi connectivity index (χ4v) is 1.51. The van der Waals surface area contributed by atoms with Gasteiger partial charge in [-0.2, -0.15) is 13.2 Å². The monoisotopic (exact) mass is 215 g/mol. The molecule has 1 rings (SSSR count). The first-order chi connectivity index (χ1) is 5.97. The van der Waals surface area contributed by atoms with Crippen LogP contribution in [0.4, 0.5) is 13.2 Å². The lowest BCUT2D eigenvalue weighted by atomic mass is 10.2. The molecule has 0 bridgehead atoms. The molecule has 1 aliphatic rings. The van der Waals surface area contributed by atoms with Gasteiger partial charge in [0, 0.05) is 17.8 Å². The first-order valence-electron chi connectivity index (χ1n) is 4.35. The average Bonchev–Trinajstić information content (AvgIpc) is 2.78. The molecule has 0 aromatic heterocycles. The Bertz CT molecular complexity index is 165. The molecule has 0 aliphatic heterocycles. The lowest BCUT2D eigenvalue weighted by Crippen LogP contribution is -2.34. The molecule has 0 amide bonds. The van der Waals surface area contributed by atoms with Gasteiger partial charge in [-0.25, -0.2) is 0 Å². The van der Waals surface area contributed by atoms with Gasteiger partial charge in [0.15, 0.2) is 0 Å². The molecule has 0 spiro atoms. The Morgan fingerprint density at radius 2 is 1.92 bits per heavy atom. The van der Waals surface area contributed by atoms with Gasteiger partial charge in [-0.05, 0) is 25.8 Å². The Hall–Kier alpha value is 0.0400. The zero-order valence-corrected chi connectivity index (χ0v) is 8.01. The summed E-state index contributed by atoms with van der Waals surface area (Å²) in [5.41, 5.74) is -0.0346. The van der Waals surface area contributed by atoms with E-state index in [0.717, 1.165) is 12.8 Å². The average molecular weight is 216 g/mol. The number of nitrogens with one attached hydrogen (secondary N) is 1. The molecule has 5 heteroatoms. The SMILES string of the molecule is FC(F)(F)CCCNC1(CCl)CC1. The molecule has 0 unspecified atom stereocenters. The summed E-state index contributed by atoms with van der Waals surface area (Å²) < 4.78 is 35.2. The van der Waals surface area contributed by atoms with Gasteiger partial charge in [-0.15, -0.1) is 11.6 Å². The van der Waals surface area contributed by atoms with E-state index in [1.807, 2.05) is 0 Å². The van der Waals surface area contributed by atoms with E-state index in [4.69, 9.17) is 11.6 Å². The van der Waals surface area contributed by atoms with Gasteiger partial charge >= 0.3 is 6.18 Å². The second kappa shape index (κ2) is 4.05. The van der Waals surface area contributed by atoms with E-state index in [2.05, 4.69) is 5.32 Å². The van der Waals surface area contributed by atoms with Crippen LogP contribution < -0.4 is 5.32 Å². The second-order valence-electron chi connectivity index (χ2n) is 3.56. The minimum absolute atomic E-state index is 0.0346. The third-order valence-electron chi connectivity index (χ3n) is 2.25. The molecule has 0 aromatic carbocycles. The zero-order valence-electron chi connectivity index (χ0n) is 7.25. The molecule has 13 heavy (non-hydrogen) atoms. The molecule has 1 fully saturated rings. The zero-order chi connectivity index (χ0) is 9.95. The lowest BCUT2D eigenvalue weighted by Gasteiger charge is -2.14. The van der Waals surface area contributed by atoms with Gasteiger partial charge in [0.1, 0.15) is 0 Å². The molecule has 1 nitrogen and oxygen atoms in total. The second-order valence-corrected chi connectivity index (χ2v) is 3.83. The number of rotatable bonds is 5. The van der Waals surface area contributed by atoms with E-state index in [9.17, 15) is 13.2 Å². The largest absolute Gasteiger partial charge is 0.389 e. The molecular weight excluding hydrogens is 203 g/mol. The van der Waals surface area contributed by atoms with Crippen LogP contribution in [0.1, 0.15) is 25.7 Å². The predicted octanol–water partition coefficient (Wildman–Crippen LogP) is 2.69. The van der Waals surface area contributed by atoms with Crippen LogP contribution in [0.2, 0.25) is 0 Å². The highest BCUT2D eigenvalue weighted by atomic mass is 35.5. The third kappa shape index (κ3) is 4.18. The summed E-state index contributed by atoms with van der Waals surface area (Å²) in [6.45, 7) is 0.409. The van der Waals surface area contributed by atoms with Crippen LogP contribution in [0.25, 0.3) is 0 Å². The summed E-state index contributed by atoms with van der Waals surface area (Å²) in [6, 6.07) is 0. The van der Waals surface area contributed by atoms with Crippen molar-refractivity contribution in [3.05, 3.63) is 0 Å². The number of hydrogen-bond acceptors (Lipinski definition) is 1.